The number of halogens is 1. The third-order valence-corrected chi connectivity index (χ3v) is 5.22. The fourth-order valence-corrected chi connectivity index (χ4v) is 3.49. The van der Waals surface area contributed by atoms with E-state index in [1.54, 1.807) is 11.7 Å². The molecule has 2 nitrogen and oxygen atoms in total. The SMILES string of the molecule is CC(C)(C)C(O)(CCc1ccc(Br)cc1)c1cncs1. The van der Waals surface area contributed by atoms with Crippen LogP contribution in [0.2, 0.25) is 0 Å². The fourth-order valence-electron chi connectivity index (χ4n) is 2.26. The van der Waals surface area contributed by atoms with Crippen LogP contribution in [-0.4, -0.2) is 10.1 Å². The van der Waals surface area contributed by atoms with Gasteiger partial charge < -0.3 is 5.11 Å². The maximum Gasteiger partial charge on any atom is 0.105 e. The summed E-state index contributed by atoms with van der Waals surface area (Å²) in [6.07, 6.45) is 3.33. The number of hydrogen-bond donors (Lipinski definition) is 1. The van der Waals surface area contributed by atoms with E-state index >= 15 is 0 Å². The van der Waals surface area contributed by atoms with Crippen LogP contribution in [0.3, 0.4) is 0 Å². The number of benzene rings is 1. The van der Waals surface area contributed by atoms with Gasteiger partial charge in [0.2, 0.25) is 0 Å². The second kappa shape index (κ2) is 5.96. The molecule has 1 N–H and O–H groups in total. The quantitative estimate of drug-likeness (QED) is 0.858. The molecule has 0 amide bonds. The van der Waals surface area contributed by atoms with E-state index in [4.69, 9.17) is 0 Å². The Morgan fingerprint density at radius 1 is 1.20 bits per heavy atom. The summed E-state index contributed by atoms with van der Waals surface area (Å²) in [5, 5.41) is 11.2. The van der Waals surface area contributed by atoms with Crippen molar-refractivity contribution in [3.63, 3.8) is 0 Å². The molecule has 2 aromatic rings. The lowest BCUT2D eigenvalue weighted by atomic mass is 9.72. The zero-order valence-electron chi connectivity index (χ0n) is 12.1. The highest BCUT2D eigenvalue weighted by Crippen LogP contribution is 2.44. The van der Waals surface area contributed by atoms with Gasteiger partial charge in [-0.3, -0.25) is 4.98 Å². The molecule has 1 heterocycles. The maximum atomic E-state index is 11.2. The van der Waals surface area contributed by atoms with Crippen molar-refractivity contribution in [3.8, 4) is 0 Å². The predicted molar refractivity (Wildman–Crippen MR) is 87.9 cm³/mol. The van der Waals surface area contributed by atoms with Crippen LogP contribution >= 0.6 is 27.3 Å². The molecule has 0 spiro atoms. The second-order valence-corrected chi connectivity index (χ2v) is 7.90. The summed E-state index contributed by atoms with van der Waals surface area (Å²) in [4.78, 5) is 5.07. The summed E-state index contributed by atoms with van der Waals surface area (Å²) in [6.45, 7) is 6.23. The van der Waals surface area contributed by atoms with Crippen molar-refractivity contribution in [1.82, 2.24) is 4.98 Å². The maximum absolute atomic E-state index is 11.2. The molecular formula is C16H20BrNOS. The van der Waals surface area contributed by atoms with E-state index in [1.165, 1.54) is 16.9 Å². The van der Waals surface area contributed by atoms with E-state index in [2.05, 4.69) is 53.8 Å². The molecule has 1 atom stereocenters. The summed E-state index contributed by atoms with van der Waals surface area (Å²) >= 11 is 4.97. The van der Waals surface area contributed by atoms with E-state index in [1.807, 2.05) is 12.1 Å². The van der Waals surface area contributed by atoms with Crippen LogP contribution in [0, 0.1) is 5.41 Å². The van der Waals surface area contributed by atoms with Gasteiger partial charge in [0.05, 0.1) is 10.4 Å². The number of aryl methyl sites for hydroxylation is 1. The van der Waals surface area contributed by atoms with Crippen LogP contribution in [0.1, 0.15) is 37.6 Å². The summed E-state index contributed by atoms with van der Waals surface area (Å²) in [7, 11) is 0. The largest absolute Gasteiger partial charge is 0.384 e. The first-order valence-electron chi connectivity index (χ1n) is 6.69. The Balaban J connectivity index is 2.20. The highest BCUT2D eigenvalue weighted by molar-refractivity contribution is 9.10. The molecule has 0 radical (unpaired) electrons. The summed E-state index contributed by atoms with van der Waals surface area (Å²) in [6, 6.07) is 8.27. The van der Waals surface area contributed by atoms with Gasteiger partial charge in [-0.05, 0) is 36.0 Å². The number of nitrogens with zero attached hydrogens (tertiary/aromatic N) is 1. The second-order valence-electron chi connectivity index (χ2n) is 6.10. The van der Waals surface area contributed by atoms with Crippen LogP contribution < -0.4 is 0 Å². The van der Waals surface area contributed by atoms with Crippen LogP contribution in [0.25, 0.3) is 0 Å². The van der Waals surface area contributed by atoms with Crippen LogP contribution in [-0.2, 0) is 12.0 Å². The molecule has 0 aliphatic carbocycles. The Hall–Kier alpha value is -0.710. The molecule has 1 aromatic heterocycles. The lowest BCUT2D eigenvalue weighted by Crippen LogP contribution is -2.39. The average Bonchev–Trinajstić information content (AvgIpc) is 2.90. The molecule has 108 valence electrons. The van der Waals surface area contributed by atoms with Crippen LogP contribution in [0.4, 0.5) is 0 Å². The van der Waals surface area contributed by atoms with Crippen LogP contribution in [0.5, 0.6) is 0 Å². The van der Waals surface area contributed by atoms with Gasteiger partial charge >= 0.3 is 0 Å². The van der Waals surface area contributed by atoms with Crippen molar-refractivity contribution in [3.05, 3.63) is 50.9 Å². The molecule has 2 rings (SSSR count). The molecule has 0 aliphatic heterocycles. The molecule has 0 saturated heterocycles. The molecule has 4 heteroatoms. The predicted octanol–water partition coefficient (Wildman–Crippen LogP) is 4.77. The van der Waals surface area contributed by atoms with Crippen LogP contribution in [0.15, 0.2) is 40.4 Å². The number of aliphatic hydroxyl groups is 1. The van der Waals surface area contributed by atoms with Crippen molar-refractivity contribution in [2.45, 2.75) is 39.2 Å². The normalized spacial score (nSPS) is 15.1. The summed E-state index contributed by atoms with van der Waals surface area (Å²) in [5.74, 6) is 0. The minimum absolute atomic E-state index is 0.227. The zero-order chi connectivity index (χ0) is 14.8. The minimum atomic E-state index is -0.846. The third-order valence-electron chi connectivity index (χ3n) is 3.77. The third kappa shape index (κ3) is 3.30. The van der Waals surface area contributed by atoms with E-state index in [9.17, 15) is 5.11 Å². The lowest BCUT2D eigenvalue weighted by molar-refractivity contribution is -0.0680. The summed E-state index contributed by atoms with van der Waals surface area (Å²) < 4.78 is 1.08. The fraction of sp³-hybridized carbons (Fsp3) is 0.438. The standard InChI is InChI=1S/C16H20BrNOS/c1-15(2,3)16(19,14-10-18-11-20-14)9-8-12-4-6-13(17)7-5-12/h4-7,10-11,19H,8-9H2,1-3H3. The van der Waals surface area contributed by atoms with Crippen molar-refractivity contribution in [2.24, 2.45) is 5.41 Å². The Labute approximate surface area is 133 Å². The molecule has 0 saturated carbocycles. The van der Waals surface area contributed by atoms with E-state index in [0.717, 1.165) is 15.8 Å². The molecule has 1 unspecified atom stereocenters. The first-order chi connectivity index (χ1) is 9.33. The monoisotopic (exact) mass is 353 g/mol. The van der Waals surface area contributed by atoms with E-state index < -0.39 is 5.60 Å². The van der Waals surface area contributed by atoms with Crippen molar-refractivity contribution < 1.29 is 5.11 Å². The van der Waals surface area contributed by atoms with Gasteiger partial charge in [-0.1, -0.05) is 48.8 Å². The van der Waals surface area contributed by atoms with Crippen molar-refractivity contribution >= 4 is 27.3 Å². The van der Waals surface area contributed by atoms with Gasteiger partial charge in [-0.15, -0.1) is 11.3 Å². The van der Waals surface area contributed by atoms with Gasteiger partial charge in [-0.2, -0.15) is 0 Å². The molecule has 1 aromatic carbocycles. The first-order valence-corrected chi connectivity index (χ1v) is 8.36. The van der Waals surface area contributed by atoms with Crippen molar-refractivity contribution in [1.29, 1.82) is 0 Å². The Morgan fingerprint density at radius 3 is 2.35 bits per heavy atom. The smallest absolute Gasteiger partial charge is 0.105 e. The average molecular weight is 354 g/mol. The molecule has 20 heavy (non-hydrogen) atoms. The highest BCUT2D eigenvalue weighted by atomic mass is 79.9. The van der Waals surface area contributed by atoms with Gasteiger partial charge in [0.15, 0.2) is 0 Å². The zero-order valence-corrected chi connectivity index (χ0v) is 14.5. The van der Waals surface area contributed by atoms with Gasteiger partial charge in [0, 0.05) is 10.7 Å². The highest BCUT2D eigenvalue weighted by Gasteiger charge is 2.42. The number of aromatic nitrogens is 1. The summed E-state index contributed by atoms with van der Waals surface area (Å²) in [5.41, 5.74) is 1.95. The van der Waals surface area contributed by atoms with E-state index in [0.29, 0.717) is 6.42 Å². The first kappa shape index (κ1) is 15.7. The molecular weight excluding hydrogens is 334 g/mol. The lowest BCUT2D eigenvalue weighted by Gasteiger charge is -2.39. The number of hydrogen-bond acceptors (Lipinski definition) is 3. The minimum Gasteiger partial charge on any atom is -0.384 e. The van der Waals surface area contributed by atoms with Gasteiger partial charge in [-0.25, -0.2) is 0 Å². The van der Waals surface area contributed by atoms with Gasteiger partial charge in [0.25, 0.3) is 0 Å². The topological polar surface area (TPSA) is 33.1 Å². The molecule has 0 aliphatic rings. The number of thiazole rings is 1. The molecule has 0 fully saturated rings. The molecule has 0 bridgehead atoms. The Kier molecular flexibility index (Phi) is 4.67. The van der Waals surface area contributed by atoms with Gasteiger partial charge in [0.1, 0.15) is 5.60 Å². The Bertz CT molecular complexity index is 545. The number of rotatable bonds is 4. The Morgan fingerprint density at radius 2 is 1.85 bits per heavy atom. The van der Waals surface area contributed by atoms with Crippen molar-refractivity contribution in [2.75, 3.05) is 0 Å². The van der Waals surface area contributed by atoms with E-state index in [-0.39, 0.29) is 5.41 Å².